The van der Waals surface area contributed by atoms with Crippen molar-refractivity contribution in [3.8, 4) is 0 Å². The number of nitrogens with zero attached hydrogens (tertiary/aromatic N) is 1. The number of likely N-dealkylation sites (N-methyl/N-ethyl adjacent to an activating group) is 1. The van der Waals surface area contributed by atoms with Gasteiger partial charge in [-0.1, -0.05) is 18.2 Å². The molecule has 0 spiro atoms. The molecule has 0 atom stereocenters. The lowest BCUT2D eigenvalue weighted by Crippen LogP contribution is -2.27. The third-order valence-electron chi connectivity index (χ3n) is 1.92. The molecule has 76 valence electrons. The van der Waals surface area contributed by atoms with Gasteiger partial charge < -0.3 is 0 Å². The van der Waals surface area contributed by atoms with E-state index >= 15 is 0 Å². The van der Waals surface area contributed by atoms with Crippen molar-refractivity contribution in [1.82, 2.24) is 5.06 Å². The average molecular weight is 305 g/mol. The van der Waals surface area contributed by atoms with Crippen molar-refractivity contribution in [3.05, 3.63) is 33.4 Å². The first-order valence-corrected chi connectivity index (χ1v) is 5.27. The maximum absolute atomic E-state index is 11.5. The summed E-state index contributed by atoms with van der Waals surface area (Å²) in [6.07, 6.45) is 0.378. The molecular formula is C10H12INO2. The van der Waals surface area contributed by atoms with E-state index in [0.29, 0.717) is 6.42 Å². The van der Waals surface area contributed by atoms with Crippen LogP contribution in [0.1, 0.15) is 5.56 Å². The standard InChI is InChI=1S/C10H12INO2/c1-12(14-2)10(13)7-8-5-3-4-6-9(8)11/h3-6H,7H2,1-2H3. The van der Waals surface area contributed by atoms with Gasteiger partial charge in [0.1, 0.15) is 0 Å². The van der Waals surface area contributed by atoms with Crippen molar-refractivity contribution in [1.29, 1.82) is 0 Å². The highest BCUT2D eigenvalue weighted by Gasteiger charge is 2.10. The molecule has 0 bridgehead atoms. The van der Waals surface area contributed by atoms with Gasteiger partial charge in [0, 0.05) is 10.6 Å². The molecule has 0 unspecified atom stereocenters. The van der Waals surface area contributed by atoms with E-state index in [1.165, 1.54) is 12.2 Å². The summed E-state index contributed by atoms with van der Waals surface area (Å²) in [4.78, 5) is 16.3. The van der Waals surface area contributed by atoms with Crippen LogP contribution in [0.5, 0.6) is 0 Å². The summed E-state index contributed by atoms with van der Waals surface area (Å²) in [6, 6.07) is 7.81. The molecule has 1 rings (SSSR count). The van der Waals surface area contributed by atoms with Crippen LogP contribution in [0, 0.1) is 3.57 Å². The van der Waals surface area contributed by atoms with Gasteiger partial charge in [0.05, 0.1) is 13.5 Å². The molecule has 1 aromatic rings. The molecule has 0 fully saturated rings. The Kier molecular flexibility index (Phi) is 4.34. The predicted octanol–water partition coefficient (Wildman–Crippen LogP) is 1.85. The lowest BCUT2D eigenvalue weighted by molar-refractivity contribution is -0.167. The third kappa shape index (κ3) is 2.95. The van der Waals surface area contributed by atoms with Crippen LogP contribution in [0.15, 0.2) is 24.3 Å². The van der Waals surface area contributed by atoms with E-state index in [9.17, 15) is 4.79 Å². The van der Waals surface area contributed by atoms with Crippen LogP contribution in [-0.2, 0) is 16.1 Å². The fraction of sp³-hybridized carbons (Fsp3) is 0.300. The Labute approximate surface area is 97.1 Å². The highest BCUT2D eigenvalue weighted by molar-refractivity contribution is 14.1. The van der Waals surface area contributed by atoms with Crippen molar-refractivity contribution < 1.29 is 9.63 Å². The van der Waals surface area contributed by atoms with Gasteiger partial charge in [-0.3, -0.25) is 9.63 Å². The summed E-state index contributed by atoms with van der Waals surface area (Å²) < 4.78 is 1.10. The molecule has 0 heterocycles. The summed E-state index contributed by atoms with van der Waals surface area (Å²) in [5.41, 5.74) is 1.03. The van der Waals surface area contributed by atoms with Gasteiger partial charge in [-0.05, 0) is 34.2 Å². The summed E-state index contributed by atoms with van der Waals surface area (Å²) >= 11 is 2.22. The van der Waals surface area contributed by atoms with Gasteiger partial charge >= 0.3 is 0 Å². The average Bonchev–Trinajstić information content (AvgIpc) is 2.20. The number of carbonyl (C=O) groups is 1. The Bertz CT molecular complexity index is 328. The van der Waals surface area contributed by atoms with Crippen LogP contribution >= 0.6 is 22.6 Å². The molecule has 14 heavy (non-hydrogen) atoms. The molecule has 0 saturated heterocycles. The second kappa shape index (κ2) is 5.31. The number of rotatable bonds is 3. The second-order valence-electron chi connectivity index (χ2n) is 2.84. The number of amides is 1. The normalized spacial score (nSPS) is 9.93. The van der Waals surface area contributed by atoms with Crippen LogP contribution in [0.25, 0.3) is 0 Å². The predicted molar refractivity (Wildman–Crippen MR) is 62.6 cm³/mol. The fourth-order valence-electron chi connectivity index (χ4n) is 1.02. The maximum Gasteiger partial charge on any atom is 0.250 e. The molecular weight excluding hydrogens is 293 g/mol. The van der Waals surface area contributed by atoms with E-state index in [4.69, 9.17) is 4.84 Å². The van der Waals surface area contributed by atoms with E-state index in [2.05, 4.69) is 22.6 Å². The zero-order chi connectivity index (χ0) is 10.6. The van der Waals surface area contributed by atoms with Gasteiger partial charge in [-0.25, -0.2) is 5.06 Å². The Morgan fingerprint density at radius 1 is 1.50 bits per heavy atom. The number of halogens is 1. The first-order valence-electron chi connectivity index (χ1n) is 4.19. The molecule has 0 aliphatic rings. The Morgan fingerprint density at radius 2 is 2.14 bits per heavy atom. The summed E-state index contributed by atoms with van der Waals surface area (Å²) in [6.45, 7) is 0. The number of carbonyl (C=O) groups excluding carboxylic acids is 1. The van der Waals surface area contributed by atoms with E-state index in [-0.39, 0.29) is 5.91 Å². The van der Waals surface area contributed by atoms with Gasteiger partial charge in [0.25, 0.3) is 0 Å². The van der Waals surface area contributed by atoms with Crippen molar-refractivity contribution in [2.24, 2.45) is 0 Å². The van der Waals surface area contributed by atoms with Crippen molar-refractivity contribution in [3.63, 3.8) is 0 Å². The van der Waals surface area contributed by atoms with Gasteiger partial charge in [-0.15, -0.1) is 0 Å². The minimum absolute atomic E-state index is 0.0448. The van der Waals surface area contributed by atoms with Crippen LogP contribution in [0.3, 0.4) is 0 Å². The van der Waals surface area contributed by atoms with E-state index in [0.717, 1.165) is 9.13 Å². The number of hydrogen-bond acceptors (Lipinski definition) is 2. The number of benzene rings is 1. The zero-order valence-electron chi connectivity index (χ0n) is 8.16. The molecule has 0 aliphatic carbocycles. The number of hydroxylamine groups is 2. The Morgan fingerprint density at radius 3 is 2.71 bits per heavy atom. The lowest BCUT2D eigenvalue weighted by atomic mass is 10.1. The first-order chi connectivity index (χ1) is 6.65. The lowest BCUT2D eigenvalue weighted by Gasteiger charge is -2.13. The Balaban J connectivity index is 2.70. The van der Waals surface area contributed by atoms with E-state index in [1.807, 2.05) is 24.3 Å². The third-order valence-corrected chi connectivity index (χ3v) is 2.98. The monoisotopic (exact) mass is 305 g/mol. The van der Waals surface area contributed by atoms with Crippen LogP contribution in [-0.4, -0.2) is 25.1 Å². The van der Waals surface area contributed by atoms with E-state index in [1.54, 1.807) is 7.05 Å². The second-order valence-corrected chi connectivity index (χ2v) is 4.00. The summed E-state index contributed by atoms with van der Waals surface area (Å²) in [5, 5.41) is 1.24. The number of hydrogen-bond donors (Lipinski definition) is 0. The summed E-state index contributed by atoms with van der Waals surface area (Å²) in [5.74, 6) is -0.0448. The fourth-order valence-corrected chi connectivity index (χ4v) is 1.60. The molecule has 0 aromatic heterocycles. The van der Waals surface area contributed by atoms with Crippen molar-refractivity contribution in [2.45, 2.75) is 6.42 Å². The van der Waals surface area contributed by atoms with Gasteiger partial charge in [0.15, 0.2) is 0 Å². The highest BCUT2D eigenvalue weighted by Crippen LogP contribution is 2.12. The smallest absolute Gasteiger partial charge is 0.250 e. The topological polar surface area (TPSA) is 29.5 Å². The largest absolute Gasteiger partial charge is 0.275 e. The molecule has 1 aromatic carbocycles. The van der Waals surface area contributed by atoms with Crippen LogP contribution < -0.4 is 0 Å². The minimum atomic E-state index is -0.0448. The molecule has 0 radical (unpaired) electrons. The van der Waals surface area contributed by atoms with E-state index < -0.39 is 0 Å². The van der Waals surface area contributed by atoms with Crippen LogP contribution in [0.4, 0.5) is 0 Å². The minimum Gasteiger partial charge on any atom is -0.275 e. The SMILES string of the molecule is CON(C)C(=O)Cc1ccccc1I. The zero-order valence-corrected chi connectivity index (χ0v) is 10.3. The molecule has 4 heteroatoms. The maximum atomic E-state index is 11.5. The van der Waals surface area contributed by atoms with Crippen molar-refractivity contribution in [2.75, 3.05) is 14.2 Å². The van der Waals surface area contributed by atoms with Crippen LogP contribution in [0.2, 0.25) is 0 Å². The highest BCUT2D eigenvalue weighted by atomic mass is 127. The molecule has 3 nitrogen and oxygen atoms in total. The van der Waals surface area contributed by atoms with Gasteiger partial charge in [-0.2, -0.15) is 0 Å². The first kappa shape index (κ1) is 11.5. The molecule has 0 saturated carbocycles. The quantitative estimate of drug-likeness (QED) is 0.630. The van der Waals surface area contributed by atoms with Crippen molar-refractivity contribution >= 4 is 28.5 Å². The molecule has 0 aliphatic heterocycles. The molecule has 1 amide bonds. The Hall–Kier alpha value is -0.620. The van der Waals surface area contributed by atoms with Gasteiger partial charge in [0.2, 0.25) is 5.91 Å². The summed E-state index contributed by atoms with van der Waals surface area (Å²) in [7, 11) is 3.09. The molecule has 0 N–H and O–H groups in total.